The van der Waals surface area contributed by atoms with Crippen LogP contribution in [-0.2, 0) is 5.41 Å². The molecule has 0 spiro atoms. The molecule has 0 saturated carbocycles. The van der Waals surface area contributed by atoms with E-state index in [0.29, 0.717) is 0 Å². The van der Waals surface area contributed by atoms with Crippen molar-refractivity contribution in [1.29, 1.82) is 5.26 Å². The third-order valence-corrected chi connectivity index (χ3v) is 7.46. The van der Waals surface area contributed by atoms with Gasteiger partial charge in [-0.1, -0.05) is 80.0 Å². The van der Waals surface area contributed by atoms with Gasteiger partial charge in [-0.3, -0.25) is 0 Å². The summed E-state index contributed by atoms with van der Waals surface area (Å²) >= 11 is 0. The van der Waals surface area contributed by atoms with Crippen molar-refractivity contribution in [1.82, 2.24) is 4.57 Å². The molecule has 5 aromatic rings. The van der Waals surface area contributed by atoms with Crippen molar-refractivity contribution in [2.75, 3.05) is 0 Å². The largest absolute Gasteiger partial charge is 0.310 e. The summed E-state index contributed by atoms with van der Waals surface area (Å²) in [5.74, 6) is 0. The van der Waals surface area contributed by atoms with Crippen LogP contribution in [0.3, 0.4) is 0 Å². The molecule has 1 aromatic heterocycles. The molecule has 7 rings (SSSR count). The Bertz CT molecular complexity index is 1630. The maximum Gasteiger partial charge on any atom is 0.247 e. The molecule has 2 aliphatic heterocycles. The first-order valence-electron chi connectivity index (χ1n) is 10.8. The Labute approximate surface area is 181 Å². The van der Waals surface area contributed by atoms with Gasteiger partial charge in [0.15, 0.2) is 0 Å². The van der Waals surface area contributed by atoms with E-state index >= 15 is 0 Å². The molecule has 0 aliphatic carbocycles. The van der Waals surface area contributed by atoms with E-state index in [9.17, 15) is 5.26 Å². The van der Waals surface area contributed by atoms with E-state index in [1.165, 1.54) is 55.0 Å². The monoisotopic (exact) mass is 394 g/mol. The summed E-state index contributed by atoms with van der Waals surface area (Å²) in [4.78, 5) is 0. The molecule has 0 atom stereocenters. The topological polar surface area (TPSA) is 28.7 Å². The van der Waals surface area contributed by atoms with Crippen molar-refractivity contribution in [3.63, 3.8) is 0 Å². The fraction of sp³-hybridized carbons (Fsp3) is 0.107. The van der Waals surface area contributed by atoms with Gasteiger partial charge >= 0.3 is 0 Å². The van der Waals surface area contributed by atoms with E-state index < -0.39 is 0 Å². The molecule has 0 saturated heterocycles. The molecule has 0 fully saturated rings. The summed E-state index contributed by atoms with van der Waals surface area (Å²) in [6, 6.07) is 30.9. The molecule has 2 nitrogen and oxygen atoms in total. The van der Waals surface area contributed by atoms with Crippen LogP contribution in [0.4, 0.5) is 0 Å². The van der Waals surface area contributed by atoms with E-state index in [0.717, 1.165) is 5.56 Å². The predicted octanol–water partition coefficient (Wildman–Crippen LogP) is 4.12. The summed E-state index contributed by atoms with van der Waals surface area (Å²) in [6.45, 7) is 4.69. The van der Waals surface area contributed by atoms with E-state index in [2.05, 4.69) is 103 Å². The number of nitriles is 1. The average Bonchev–Trinajstić information content (AvgIpc) is 3.14. The molecule has 0 unspecified atom stereocenters. The number of para-hydroxylation sites is 2. The minimum atomic E-state index is -0.241. The van der Waals surface area contributed by atoms with Gasteiger partial charge in [-0.2, -0.15) is 5.26 Å². The second-order valence-electron chi connectivity index (χ2n) is 9.28. The fourth-order valence-corrected chi connectivity index (χ4v) is 6.32. The molecule has 2 aliphatic rings. The van der Waals surface area contributed by atoms with Crippen LogP contribution in [0.2, 0.25) is 0 Å². The van der Waals surface area contributed by atoms with Gasteiger partial charge in [0.05, 0.1) is 17.1 Å². The van der Waals surface area contributed by atoms with Crippen LogP contribution in [0.1, 0.15) is 30.5 Å². The first kappa shape index (κ1) is 17.0. The van der Waals surface area contributed by atoms with Crippen LogP contribution < -0.4 is 16.4 Å². The minimum Gasteiger partial charge on any atom is -0.310 e. The summed E-state index contributed by atoms with van der Waals surface area (Å²) in [7, 11) is 0. The van der Waals surface area contributed by atoms with Crippen molar-refractivity contribution in [3.8, 4) is 11.8 Å². The zero-order valence-electron chi connectivity index (χ0n) is 17.5. The number of rotatable bonds is 0. The maximum atomic E-state index is 10.3. The number of hydrogen-bond donors (Lipinski definition) is 0. The van der Waals surface area contributed by atoms with E-state index in [4.69, 9.17) is 0 Å². The Morgan fingerprint density at radius 2 is 1.55 bits per heavy atom. The number of aromatic nitrogens is 1. The van der Waals surface area contributed by atoms with Crippen molar-refractivity contribution in [3.05, 3.63) is 95.6 Å². The molecule has 0 radical (unpaired) electrons. The van der Waals surface area contributed by atoms with Crippen LogP contribution in [0.15, 0.2) is 78.9 Å². The summed E-state index contributed by atoms with van der Waals surface area (Å²) in [5.41, 5.74) is 10.8. The molecular formula is C28H19BN2. The van der Waals surface area contributed by atoms with E-state index in [-0.39, 0.29) is 12.1 Å². The highest BCUT2D eigenvalue weighted by Gasteiger charge is 2.46. The second-order valence-corrected chi connectivity index (χ2v) is 9.28. The highest BCUT2D eigenvalue weighted by molar-refractivity contribution is 6.99. The normalized spacial score (nSPS) is 14.9. The third-order valence-electron chi connectivity index (χ3n) is 7.46. The van der Waals surface area contributed by atoms with Crippen LogP contribution in [0, 0.1) is 11.3 Å². The number of hydrogen-bond acceptors (Lipinski definition) is 1. The Hall–Kier alpha value is -3.77. The number of benzene rings is 4. The van der Waals surface area contributed by atoms with Crippen molar-refractivity contribution in [2.24, 2.45) is 0 Å². The first-order valence-corrected chi connectivity index (χ1v) is 10.8. The fourth-order valence-electron chi connectivity index (χ4n) is 6.32. The van der Waals surface area contributed by atoms with E-state index in [1.54, 1.807) is 0 Å². The maximum absolute atomic E-state index is 10.3. The molecule has 144 valence electrons. The van der Waals surface area contributed by atoms with E-state index in [1.807, 2.05) is 0 Å². The minimum absolute atomic E-state index is 0.142. The Morgan fingerprint density at radius 1 is 0.839 bits per heavy atom. The molecule has 3 heterocycles. The molecule has 0 N–H and O–H groups in total. The van der Waals surface area contributed by atoms with Gasteiger partial charge in [0.1, 0.15) is 0 Å². The lowest BCUT2D eigenvalue weighted by atomic mass is 9.30. The summed E-state index contributed by atoms with van der Waals surface area (Å²) in [5, 5.41) is 12.6. The molecule has 0 amide bonds. The standard InChI is InChI=1S/C28H19BN2/c1-28(2)20-10-4-5-11-21(20)29-22-12-6-8-14-24(22)31-23-13-7-3-9-18(23)19-15-17(16-30)25(28)26(29)27(19)31/h3-15H,1-2H3. The second kappa shape index (κ2) is 5.48. The summed E-state index contributed by atoms with van der Waals surface area (Å²) < 4.78 is 2.43. The van der Waals surface area contributed by atoms with Gasteiger partial charge in [0.25, 0.3) is 0 Å². The zero-order chi connectivity index (χ0) is 20.9. The van der Waals surface area contributed by atoms with Gasteiger partial charge in [0.2, 0.25) is 6.71 Å². The molecule has 4 aromatic carbocycles. The van der Waals surface area contributed by atoms with Gasteiger partial charge in [-0.05, 0) is 40.3 Å². The predicted molar refractivity (Wildman–Crippen MR) is 129 cm³/mol. The molecule has 3 heteroatoms. The highest BCUT2D eigenvalue weighted by atomic mass is 15.0. The lowest BCUT2D eigenvalue weighted by Crippen LogP contribution is -2.63. The smallest absolute Gasteiger partial charge is 0.247 e. The lowest BCUT2D eigenvalue weighted by molar-refractivity contribution is 0.644. The Balaban J connectivity index is 1.83. The SMILES string of the molecule is CC1(C)c2ccccc2B2c3ccccc3-n3c4ccccc4c4cc(C#N)c1c2c43. The number of nitrogens with zero attached hydrogens (tertiary/aromatic N) is 2. The molecule has 0 bridgehead atoms. The van der Waals surface area contributed by atoms with Crippen LogP contribution in [0.25, 0.3) is 27.5 Å². The van der Waals surface area contributed by atoms with Crippen LogP contribution >= 0.6 is 0 Å². The quantitative estimate of drug-likeness (QED) is 0.356. The zero-order valence-corrected chi connectivity index (χ0v) is 17.5. The van der Waals surface area contributed by atoms with Gasteiger partial charge < -0.3 is 4.57 Å². The van der Waals surface area contributed by atoms with Gasteiger partial charge in [-0.15, -0.1) is 0 Å². The van der Waals surface area contributed by atoms with Crippen LogP contribution in [-0.4, -0.2) is 11.3 Å². The molecule has 31 heavy (non-hydrogen) atoms. The van der Waals surface area contributed by atoms with Gasteiger partial charge in [-0.25, -0.2) is 0 Å². The molecular weight excluding hydrogens is 375 g/mol. The summed E-state index contributed by atoms with van der Waals surface area (Å²) in [6.07, 6.45) is 0. The van der Waals surface area contributed by atoms with Crippen molar-refractivity contribution >= 4 is 44.9 Å². The lowest BCUT2D eigenvalue weighted by Gasteiger charge is -2.42. The van der Waals surface area contributed by atoms with Crippen molar-refractivity contribution < 1.29 is 0 Å². The van der Waals surface area contributed by atoms with Gasteiger partial charge in [0, 0.05) is 27.4 Å². The Kier molecular flexibility index (Phi) is 3.00. The van der Waals surface area contributed by atoms with Crippen LogP contribution in [0.5, 0.6) is 0 Å². The third kappa shape index (κ3) is 1.85. The average molecular weight is 394 g/mol. The van der Waals surface area contributed by atoms with Crippen molar-refractivity contribution in [2.45, 2.75) is 19.3 Å². The highest BCUT2D eigenvalue weighted by Crippen LogP contribution is 2.42. The Morgan fingerprint density at radius 3 is 2.39 bits per heavy atom. The first-order chi connectivity index (χ1) is 15.1. The number of fused-ring (bicyclic) bond motifs is 8.